The van der Waals surface area contributed by atoms with Crippen LogP contribution in [0.3, 0.4) is 0 Å². The first-order valence-electron chi connectivity index (χ1n) is 5.30. The quantitative estimate of drug-likeness (QED) is 0.692. The molecule has 0 amide bonds. The predicted molar refractivity (Wildman–Crippen MR) is 77.8 cm³/mol. The normalized spacial score (nSPS) is 10.6. The van der Waals surface area contributed by atoms with E-state index in [1.54, 1.807) is 18.2 Å². The zero-order chi connectivity index (χ0) is 14.0. The van der Waals surface area contributed by atoms with Crippen molar-refractivity contribution in [1.82, 2.24) is 0 Å². The van der Waals surface area contributed by atoms with Crippen LogP contribution < -0.4 is 5.32 Å². The zero-order valence-electron chi connectivity index (χ0n) is 9.48. The summed E-state index contributed by atoms with van der Waals surface area (Å²) in [6.07, 6.45) is 0. The van der Waals surface area contributed by atoms with E-state index in [2.05, 4.69) is 21.2 Å². The van der Waals surface area contributed by atoms with Gasteiger partial charge in [0.05, 0.1) is 15.2 Å². The Morgan fingerprint density at radius 3 is 2.53 bits per heavy atom. The molecule has 2 aromatic carbocycles. The smallest absolute Gasteiger partial charge is 0.145 e. The standard InChI is InChI=1S/C13H8BrCl2F2N/c14-9-2-3-11(17)8(13(9)18)6-19-12-4-1-7(15)5-10(12)16/h1-5,19H,6H2. The third-order valence-electron chi connectivity index (χ3n) is 2.53. The van der Waals surface area contributed by atoms with Gasteiger partial charge in [-0.1, -0.05) is 23.2 Å². The molecule has 0 aromatic heterocycles. The van der Waals surface area contributed by atoms with Crippen molar-refractivity contribution in [2.24, 2.45) is 0 Å². The van der Waals surface area contributed by atoms with E-state index >= 15 is 0 Å². The molecule has 0 radical (unpaired) electrons. The van der Waals surface area contributed by atoms with E-state index in [9.17, 15) is 8.78 Å². The van der Waals surface area contributed by atoms with Crippen LogP contribution in [0.4, 0.5) is 14.5 Å². The molecule has 0 aliphatic rings. The average Bonchev–Trinajstić information content (AvgIpc) is 2.36. The number of halogens is 5. The van der Waals surface area contributed by atoms with E-state index in [4.69, 9.17) is 23.2 Å². The maximum Gasteiger partial charge on any atom is 0.145 e. The molecule has 1 N–H and O–H groups in total. The summed E-state index contributed by atoms with van der Waals surface area (Å²) in [4.78, 5) is 0. The molecule has 19 heavy (non-hydrogen) atoms. The first-order chi connectivity index (χ1) is 8.99. The lowest BCUT2D eigenvalue weighted by Crippen LogP contribution is -2.05. The molecule has 0 spiro atoms. The van der Waals surface area contributed by atoms with Crippen molar-refractivity contribution in [1.29, 1.82) is 0 Å². The lowest BCUT2D eigenvalue weighted by Gasteiger charge is -2.11. The molecule has 0 saturated heterocycles. The zero-order valence-corrected chi connectivity index (χ0v) is 12.6. The van der Waals surface area contributed by atoms with Gasteiger partial charge in [-0.15, -0.1) is 0 Å². The molecule has 0 heterocycles. The summed E-state index contributed by atoms with van der Waals surface area (Å²) in [5, 5.41) is 3.76. The highest BCUT2D eigenvalue weighted by Gasteiger charge is 2.12. The van der Waals surface area contributed by atoms with Crippen LogP contribution in [-0.4, -0.2) is 0 Å². The van der Waals surface area contributed by atoms with Gasteiger partial charge in [-0.3, -0.25) is 0 Å². The minimum atomic E-state index is -0.627. The molecule has 0 unspecified atom stereocenters. The topological polar surface area (TPSA) is 12.0 Å². The third-order valence-corrected chi connectivity index (χ3v) is 3.69. The molecule has 0 fully saturated rings. The lowest BCUT2D eigenvalue weighted by atomic mass is 10.2. The summed E-state index contributed by atoms with van der Waals surface area (Å²) in [7, 11) is 0. The highest BCUT2D eigenvalue weighted by atomic mass is 79.9. The Morgan fingerprint density at radius 2 is 1.84 bits per heavy atom. The molecule has 6 heteroatoms. The van der Waals surface area contributed by atoms with Gasteiger partial charge in [0.1, 0.15) is 11.6 Å². The van der Waals surface area contributed by atoms with Gasteiger partial charge in [-0.25, -0.2) is 8.78 Å². The van der Waals surface area contributed by atoms with Crippen LogP contribution in [0.25, 0.3) is 0 Å². The Morgan fingerprint density at radius 1 is 1.11 bits per heavy atom. The minimum Gasteiger partial charge on any atom is -0.380 e. The van der Waals surface area contributed by atoms with E-state index in [1.807, 2.05) is 0 Å². The summed E-state index contributed by atoms with van der Waals surface area (Å²) < 4.78 is 27.5. The van der Waals surface area contributed by atoms with Crippen LogP contribution in [0.5, 0.6) is 0 Å². The number of nitrogens with one attached hydrogen (secondary N) is 1. The van der Waals surface area contributed by atoms with Crippen molar-refractivity contribution in [2.45, 2.75) is 6.54 Å². The van der Waals surface area contributed by atoms with Crippen molar-refractivity contribution in [3.8, 4) is 0 Å². The molecular formula is C13H8BrCl2F2N. The number of anilines is 1. The summed E-state index contributed by atoms with van der Waals surface area (Å²) in [6, 6.07) is 7.37. The first kappa shape index (κ1) is 14.6. The molecule has 100 valence electrons. The fourth-order valence-corrected chi connectivity index (χ4v) is 2.39. The van der Waals surface area contributed by atoms with E-state index in [0.717, 1.165) is 0 Å². The van der Waals surface area contributed by atoms with Crippen molar-refractivity contribution in [3.05, 3.63) is 62.0 Å². The molecule has 0 aliphatic carbocycles. The largest absolute Gasteiger partial charge is 0.380 e. The second-order valence-corrected chi connectivity index (χ2v) is 5.50. The van der Waals surface area contributed by atoms with Crippen LogP contribution in [-0.2, 0) is 6.54 Å². The lowest BCUT2D eigenvalue weighted by molar-refractivity contribution is 0.555. The van der Waals surface area contributed by atoms with Crippen LogP contribution in [0.1, 0.15) is 5.56 Å². The Bertz CT molecular complexity index is 620. The van der Waals surface area contributed by atoms with E-state index in [0.29, 0.717) is 15.7 Å². The van der Waals surface area contributed by atoms with Gasteiger partial charge in [0.25, 0.3) is 0 Å². The Balaban J connectivity index is 2.21. The van der Waals surface area contributed by atoms with Gasteiger partial charge < -0.3 is 5.32 Å². The molecule has 0 saturated carbocycles. The van der Waals surface area contributed by atoms with Crippen LogP contribution >= 0.6 is 39.1 Å². The van der Waals surface area contributed by atoms with Gasteiger partial charge >= 0.3 is 0 Å². The highest BCUT2D eigenvalue weighted by Crippen LogP contribution is 2.27. The monoisotopic (exact) mass is 365 g/mol. The van der Waals surface area contributed by atoms with Crippen molar-refractivity contribution in [2.75, 3.05) is 5.32 Å². The number of hydrogen-bond acceptors (Lipinski definition) is 1. The predicted octanol–water partition coefficient (Wildman–Crippen LogP) is 5.65. The minimum absolute atomic E-state index is 0.0154. The molecule has 0 atom stereocenters. The fourth-order valence-electron chi connectivity index (χ4n) is 1.55. The second kappa shape index (κ2) is 6.07. The number of hydrogen-bond donors (Lipinski definition) is 1. The summed E-state index contributed by atoms with van der Waals surface area (Å²) in [5.74, 6) is -1.24. The molecule has 2 rings (SSSR count). The molecule has 0 aliphatic heterocycles. The van der Waals surface area contributed by atoms with Gasteiger partial charge in [-0.2, -0.15) is 0 Å². The summed E-state index contributed by atoms with van der Waals surface area (Å²) in [5.41, 5.74) is 0.505. The SMILES string of the molecule is Fc1ccc(Br)c(F)c1CNc1ccc(Cl)cc1Cl. The second-order valence-electron chi connectivity index (χ2n) is 3.80. The van der Waals surface area contributed by atoms with Crippen LogP contribution in [0, 0.1) is 11.6 Å². The van der Waals surface area contributed by atoms with E-state index in [-0.39, 0.29) is 16.6 Å². The average molecular weight is 367 g/mol. The maximum absolute atomic E-state index is 13.7. The van der Waals surface area contributed by atoms with E-state index < -0.39 is 11.6 Å². The molecule has 2 aromatic rings. The fraction of sp³-hybridized carbons (Fsp3) is 0.0769. The van der Waals surface area contributed by atoms with Gasteiger partial charge in [-0.05, 0) is 46.3 Å². The first-order valence-corrected chi connectivity index (χ1v) is 6.85. The van der Waals surface area contributed by atoms with Gasteiger partial charge in [0.2, 0.25) is 0 Å². The van der Waals surface area contributed by atoms with Crippen molar-refractivity contribution < 1.29 is 8.78 Å². The Kier molecular flexibility index (Phi) is 4.66. The highest BCUT2D eigenvalue weighted by molar-refractivity contribution is 9.10. The van der Waals surface area contributed by atoms with Crippen molar-refractivity contribution >= 4 is 44.8 Å². The van der Waals surface area contributed by atoms with Gasteiger partial charge in [0.15, 0.2) is 0 Å². The van der Waals surface area contributed by atoms with E-state index in [1.165, 1.54) is 12.1 Å². The molecule has 1 nitrogen and oxygen atoms in total. The van der Waals surface area contributed by atoms with Gasteiger partial charge in [0, 0.05) is 17.1 Å². The maximum atomic E-state index is 13.7. The van der Waals surface area contributed by atoms with Crippen LogP contribution in [0.2, 0.25) is 10.0 Å². The molecular weight excluding hydrogens is 359 g/mol. The number of benzene rings is 2. The summed E-state index contributed by atoms with van der Waals surface area (Å²) >= 11 is 14.7. The third kappa shape index (κ3) is 3.38. The number of rotatable bonds is 3. The molecule has 0 bridgehead atoms. The van der Waals surface area contributed by atoms with Crippen LogP contribution in [0.15, 0.2) is 34.8 Å². The van der Waals surface area contributed by atoms with Crippen molar-refractivity contribution in [3.63, 3.8) is 0 Å². The summed E-state index contributed by atoms with van der Waals surface area (Å²) in [6.45, 7) is -0.0154. The Labute approximate surface area is 127 Å². The Hall–Kier alpha value is -0.840.